The molecule has 0 aromatic heterocycles. The highest BCUT2D eigenvalue weighted by Gasteiger charge is 2.45. The molecule has 7 atom stereocenters. The fraction of sp³-hybridized carbons (Fsp3) is 0.829. The standard InChI is InChI=1S/C35H61N3O9/c1-16-23(12)29-32(41)36(13)24(17-18(2)3)33(42)45-27(21(8)9)30(39)37(14)25(19(4)5)34(43)46-28(22(10)11)31(40)38(15)26(20(6)7)35(44)47-29/h18-29H,16-17H2,1-15H3/t23-,24-,25-,26-,27+,28+,29+/m0/s1. The van der Waals surface area contributed by atoms with E-state index in [1.807, 2.05) is 20.8 Å². The molecule has 1 fully saturated rings. The van der Waals surface area contributed by atoms with Gasteiger partial charge in [0.1, 0.15) is 18.1 Å². The Bertz CT molecular complexity index is 1120. The van der Waals surface area contributed by atoms with Crippen LogP contribution in [-0.4, -0.2) is 108 Å². The van der Waals surface area contributed by atoms with Crippen LogP contribution in [0.2, 0.25) is 0 Å². The molecule has 1 saturated heterocycles. The highest BCUT2D eigenvalue weighted by atomic mass is 16.6. The van der Waals surface area contributed by atoms with Gasteiger partial charge in [-0.05, 0) is 42.4 Å². The number of hydrogen-bond donors (Lipinski definition) is 0. The summed E-state index contributed by atoms with van der Waals surface area (Å²) in [4.78, 5) is 87.1. The Labute approximate surface area is 282 Å². The summed E-state index contributed by atoms with van der Waals surface area (Å²) in [6, 6.07) is -3.31. The van der Waals surface area contributed by atoms with Crippen LogP contribution < -0.4 is 0 Å². The lowest BCUT2D eigenvalue weighted by atomic mass is 9.96. The molecule has 0 saturated carbocycles. The van der Waals surface area contributed by atoms with Gasteiger partial charge >= 0.3 is 17.9 Å². The van der Waals surface area contributed by atoms with Crippen molar-refractivity contribution >= 4 is 35.6 Å². The van der Waals surface area contributed by atoms with Gasteiger partial charge in [-0.1, -0.05) is 83.1 Å². The second-order valence-corrected chi connectivity index (χ2v) is 14.8. The first-order valence-electron chi connectivity index (χ1n) is 17.0. The van der Waals surface area contributed by atoms with Crippen molar-refractivity contribution in [3.63, 3.8) is 0 Å². The van der Waals surface area contributed by atoms with Gasteiger partial charge < -0.3 is 28.9 Å². The number of carbonyl (C=O) groups is 6. The van der Waals surface area contributed by atoms with E-state index in [0.717, 1.165) is 0 Å². The summed E-state index contributed by atoms with van der Waals surface area (Å²) in [5, 5.41) is 0. The van der Waals surface area contributed by atoms with Crippen LogP contribution in [0.4, 0.5) is 0 Å². The van der Waals surface area contributed by atoms with Gasteiger partial charge in [-0.15, -0.1) is 0 Å². The Hall–Kier alpha value is -3.18. The first kappa shape index (κ1) is 41.8. The fourth-order valence-corrected chi connectivity index (χ4v) is 5.80. The van der Waals surface area contributed by atoms with Crippen LogP contribution in [0, 0.1) is 35.5 Å². The number of carbonyl (C=O) groups excluding carboxylic acids is 6. The van der Waals surface area contributed by atoms with Crippen LogP contribution >= 0.6 is 0 Å². The van der Waals surface area contributed by atoms with Crippen LogP contribution in [0.5, 0.6) is 0 Å². The van der Waals surface area contributed by atoms with Gasteiger partial charge in [0, 0.05) is 27.1 Å². The minimum absolute atomic E-state index is 0.0416. The second kappa shape index (κ2) is 17.8. The van der Waals surface area contributed by atoms with Gasteiger partial charge in [-0.25, -0.2) is 14.4 Å². The van der Waals surface area contributed by atoms with Crippen molar-refractivity contribution < 1.29 is 43.0 Å². The average Bonchev–Trinajstić information content (AvgIpc) is 2.96. The average molecular weight is 668 g/mol. The van der Waals surface area contributed by atoms with Gasteiger partial charge in [0.2, 0.25) is 0 Å². The third-order valence-corrected chi connectivity index (χ3v) is 8.89. The maximum atomic E-state index is 14.1. The van der Waals surface area contributed by atoms with Crippen LogP contribution in [0.3, 0.4) is 0 Å². The van der Waals surface area contributed by atoms with Crippen LogP contribution in [0.15, 0.2) is 0 Å². The van der Waals surface area contributed by atoms with Crippen molar-refractivity contribution in [1.82, 2.24) is 14.7 Å². The number of hydrogen-bond acceptors (Lipinski definition) is 9. The van der Waals surface area contributed by atoms with Gasteiger partial charge in [0.05, 0.1) is 0 Å². The van der Waals surface area contributed by atoms with Gasteiger partial charge in [-0.2, -0.15) is 0 Å². The summed E-state index contributed by atoms with van der Waals surface area (Å²) in [6.07, 6.45) is -3.11. The van der Waals surface area contributed by atoms with E-state index in [-0.39, 0.29) is 12.3 Å². The van der Waals surface area contributed by atoms with Gasteiger partial charge in [0.15, 0.2) is 18.3 Å². The molecular weight excluding hydrogens is 606 g/mol. The lowest BCUT2D eigenvalue weighted by molar-refractivity contribution is -0.181. The van der Waals surface area contributed by atoms with E-state index in [1.54, 1.807) is 62.3 Å². The third-order valence-electron chi connectivity index (χ3n) is 8.89. The molecule has 12 heteroatoms. The number of ether oxygens (including phenoxy) is 3. The highest BCUT2D eigenvalue weighted by molar-refractivity contribution is 5.94. The minimum Gasteiger partial charge on any atom is -0.450 e. The molecular formula is C35H61N3O9. The molecule has 0 bridgehead atoms. The predicted octanol–water partition coefficient (Wildman–Crippen LogP) is 3.93. The number of esters is 3. The SMILES string of the molecule is CC[C@H](C)[C@H]1OC(=O)[C@H](C(C)C)N(C)C(=O)[C@@H](C(C)C)OC(=O)[C@H](C(C)C)N(C)C(=O)[C@@H](C(C)C)OC(=O)[C@H](CC(C)C)N(C)C1=O. The second-order valence-electron chi connectivity index (χ2n) is 14.8. The summed E-state index contributed by atoms with van der Waals surface area (Å²) >= 11 is 0. The lowest BCUT2D eigenvalue weighted by Gasteiger charge is -2.38. The molecule has 0 unspecified atom stereocenters. The normalized spacial score (nSPS) is 27.4. The molecule has 1 aliphatic heterocycles. The zero-order chi connectivity index (χ0) is 36.7. The maximum Gasteiger partial charge on any atom is 0.329 e. The van der Waals surface area contributed by atoms with Crippen molar-refractivity contribution in [2.45, 2.75) is 132 Å². The zero-order valence-corrected chi connectivity index (χ0v) is 31.4. The molecule has 0 aromatic carbocycles. The van der Waals surface area contributed by atoms with E-state index < -0.39 is 102 Å². The summed E-state index contributed by atoms with van der Waals surface area (Å²) in [6.45, 7) is 21.3. The van der Waals surface area contributed by atoms with Crippen molar-refractivity contribution in [2.75, 3.05) is 21.1 Å². The Morgan fingerprint density at radius 1 is 0.511 bits per heavy atom. The summed E-state index contributed by atoms with van der Waals surface area (Å²) in [5.41, 5.74) is 0. The largest absolute Gasteiger partial charge is 0.450 e. The number of likely N-dealkylation sites (N-methyl/N-ethyl adjacent to an activating group) is 3. The number of nitrogens with zero attached hydrogens (tertiary/aromatic N) is 3. The molecule has 0 N–H and O–H groups in total. The van der Waals surface area contributed by atoms with Crippen LogP contribution in [-0.2, 0) is 43.0 Å². The van der Waals surface area contributed by atoms with Crippen molar-refractivity contribution in [3.05, 3.63) is 0 Å². The molecule has 0 aromatic rings. The number of cyclic esters (lactones) is 3. The number of amides is 3. The summed E-state index contributed by atoms with van der Waals surface area (Å²) < 4.78 is 17.6. The smallest absolute Gasteiger partial charge is 0.329 e. The van der Waals surface area contributed by atoms with E-state index in [2.05, 4.69) is 0 Å². The quantitative estimate of drug-likeness (QED) is 0.278. The molecule has 3 amide bonds. The first-order valence-corrected chi connectivity index (χ1v) is 17.0. The summed E-state index contributed by atoms with van der Waals surface area (Å²) in [5.74, 6) is -6.48. The van der Waals surface area contributed by atoms with Gasteiger partial charge in [0.25, 0.3) is 17.7 Å². The van der Waals surface area contributed by atoms with E-state index in [9.17, 15) is 28.8 Å². The highest BCUT2D eigenvalue weighted by Crippen LogP contribution is 2.25. The Morgan fingerprint density at radius 2 is 0.851 bits per heavy atom. The monoisotopic (exact) mass is 667 g/mol. The molecule has 1 rings (SSSR count). The van der Waals surface area contributed by atoms with E-state index in [1.165, 1.54) is 35.8 Å². The van der Waals surface area contributed by atoms with Crippen LogP contribution in [0.25, 0.3) is 0 Å². The first-order chi connectivity index (χ1) is 21.6. The van der Waals surface area contributed by atoms with Crippen molar-refractivity contribution in [3.8, 4) is 0 Å². The van der Waals surface area contributed by atoms with Crippen LogP contribution in [0.1, 0.15) is 95.9 Å². The molecule has 12 nitrogen and oxygen atoms in total. The zero-order valence-electron chi connectivity index (χ0n) is 31.4. The molecule has 270 valence electrons. The Balaban J connectivity index is 3.98. The predicted molar refractivity (Wildman–Crippen MR) is 178 cm³/mol. The third kappa shape index (κ3) is 10.4. The van der Waals surface area contributed by atoms with Crippen molar-refractivity contribution in [1.29, 1.82) is 0 Å². The molecule has 1 aliphatic rings. The molecule has 0 aliphatic carbocycles. The van der Waals surface area contributed by atoms with Gasteiger partial charge in [-0.3, -0.25) is 14.4 Å². The lowest BCUT2D eigenvalue weighted by Crippen LogP contribution is -2.57. The summed E-state index contributed by atoms with van der Waals surface area (Å²) in [7, 11) is 4.35. The Kier molecular flexibility index (Phi) is 15.9. The van der Waals surface area contributed by atoms with E-state index in [0.29, 0.717) is 6.42 Å². The number of rotatable bonds is 8. The fourth-order valence-electron chi connectivity index (χ4n) is 5.80. The topological polar surface area (TPSA) is 140 Å². The molecule has 1 heterocycles. The Morgan fingerprint density at radius 3 is 1.17 bits per heavy atom. The maximum absolute atomic E-state index is 14.1. The van der Waals surface area contributed by atoms with Crippen molar-refractivity contribution in [2.24, 2.45) is 35.5 Å². The molecule has 0 radical (unpaired) electrons. The van der Waals surface area contributed by atoms with E-state index in [4.69, 9.17) is 14.2 Å². The van der Waals surface area contributed by atoms with E-state index >= 15 is 0 Å². The molecule has 0 spiro atoms. The molecule has 47 heavy (non-hydrogen) atoms. The minimum atomic E-state index is -1.28.